The maximum absolute atomic E-state index is 13.8. The number of fused-ring (bicyclic) bond motifs is 1. The van der Waals surface area contributed by atoms with E-state index >= 15 is 0 Å². The van der Waals surface area contributed by atoms with Crippen LogP contribution in [0.3, 0.4) is 0 Å². The van der Waals surface area contributed by atoms with Crippen molar-refractivity contribution in [1.82, 2.24) is 0 Å². The fraction of sp³-hybridized carbons (Fsp3) is 0.143. The zero-order valence-corrected chi connectivity index (χ0v) is 15.3. The smallest absolute Gasteiger partial charge is 0.348 e. The van der Waals surface area contributed by atoms with Crippen molar-refractivity contribution >= 4 is 23.2 Å². The lowest BCUT2D eigenvalue weighted by Crippen LogP contribution is -2.17. The third-order valence-corrected chi connectivity index (χ3v) is 5.65. The lowest BCUT2D eigenvalue weighted by Gasteiger charge is -2.16. The number of para-hydroxylation sites is 1. The van der Waals surface area contributed by atoms with Gasteiger partial charge in [0.25, 0.3) is 0 Å². The van der Waals surface area contributed by atoms with Crippen molar-refractivity contribution in [2.75, 3.05) is 0 Å². The number of aryl methyl sites for hydroxylation is 1. The van der Waals surface area contributed by atoms with Gasteiger partial charge in [-0.2, -0.15) is 0 Å². The molecule has 0 unspecified atom stereocenters. The molecule has 1 atom stereocenters. The fourth-order valence-electron chi connectivity index (χ4n) is 3.12. The Morgan fingerprint density at radius 2 is 2.00 bits per heavy atom. The minimum atomic E-state index is -0.631. The van der Waals surface area contributed by atoms with Crippen LogP contribution in [-0.4, -0.2) is 10.8 Å². The number of thioether (sulfide) groups is 1. The Kier molecular flexibility index (Phi) is 4.58. The molecule has 0 saturated heterocycles. The molecule has 4 nitrogen and oxygen atoms in total. The van der Waals surface area contributed by atoms with Crippen molar-refractivity contribution < 1.29 is 13.9 Å². The second-order valence-electron chi connectivity index (χ2n) is 6.30. The van der Waals surface area contributed by atoms with E-state index in [0.29, 0.717) is 23.6 Å². The predicted molar refractivity (Wildman–Crippen MR) is 104 cm³/mol. The van der Waals surface area contributed by atoms with Gasteiger partial charge in [0.05, 0.1) is 11.4 Å². The molecule has 2 heterocycles. The van der Waals surface area contributed by atoms with E-state index in [9.17, 15) is 14.3 Å². The molecule has 2 aromatic carbocycles. The van der Waals surface area contributed by atoms with Gasteiger partial charge in [-0.1, -0.05) is 24.3 Å². The molecule has 0 spiro atoms. The number of hydrogen-bond donors (Lipinski definition) is 1. The van der Waals surface area contributed by atoms with E-state index in [4.69, 9.17) is 4.42 Å². The molecule has 0 fully saturated rings. The maximum atomic E-state index is 13.8. The Labute approximate surface area is 159 Å². The Balaban J connectivity index is 1.88. The van der Waals surface area contributed by atoms with E-state index < -0.39 is 5.63 Å². The van der Waals surface area contributed by atoms with Gasteiger partial charge in [0.1, 0.15) is 22.9 Å². The van der Waals surface area contributed by atoms with Crippen LogP contribution < -0.4 is 5.63 Å². The van der Waals surface area contributed by atoms with Crippen LogP contribution in [0.25, 0.3) is 0 Å². The number of benzene rings is 2. The SMILES string of the molecule is Cc1cc(O)c(C2=Nc3ccccc3S[C@H](c3cccc(F)c3)C2)c(=O)o1. The summed E-state index contributed by atoms with van der Waals surface area (Å²) in [4.78, 5) is 18.0. The lowest BCUT2D eigenvalue weighted by molar-refractivity contribution is 0.432. The average molecular weight is 381 g/mol. The second kappa shape index (κ2) is 7.04. The molecule has 136 valence electrons. The molecule has 1 aliphatic heterocycles. The number of nitrogens with zero attached hydrogens (tertiary/aromatic N) is 1. The largest absolute Gasteiger partial charge is 0.507 e. The highest BCUT2D eigenvalue weighted by molar-refractivity contribution is 7.99. The molecule has 0 aliphatic carbocycles. The molecule has 6 heteroatoms. The third kappa shape index (κ3) is 3.53. The molecule has 0 bridgehead atoms. The summed E-state index contributed by atoms with van der Waals surface area (Å²) in [5, 5.41) is 10.2. The van der Waals surface area contributed by atoms with Crippen LogP contribution in [0.4, 0.5) is 10.1 Å². The summed E-state index contributed by atoms with van der Waals surface area (Å²) in [6.07, 6.45) is 0.351. The van der Waals surface area contributed by atoms with Gasteiger partial charge < -0.3 is 9.52 Å². The number of rotatable bonds is 2. The number of aliphatic imine (C=N–C) groups is 1. The number of aromatic hydroxyl groups is 1. The van der Waals surface area contributed by atoms with Gasteiger partial charge in [0, 0.05) is 22.6 Å². The molecular weight excluding hydrogens is 365 g/mol. The van der Waals surface area contributed by atoms with E-state index in [2.05, 4.69) is 4.99 Å². The molecule has 1 N–H and O–H groups in total. The molecular formula is C21H16FNO3S. The summed E-state index contributed by atoms with van der Waals surface area (Å²) >= 11 is 1.56. The standard InChI is InChI=1S/C21H16FNO3S/c1-12-9-17(24)20(21(25)26-12)16-11-19(13-5-4-6-14(22)10-13)27-18-8-3-2-7-15(18)23-16/h2-10,19,24H,11H2,1H3/t19-/m0/s1. The molecule has 0 amide bonds. The number of halogens is 1. The van der Waals surface area contributed by atoms with Gasteiger partial charge in [0.15, 0.2) is 0 Å². The first kappa shape index (κ1) is 17.5. The zero-order valence-electron chi connectivity index (χ0n) is 14.5. The highest BCUT2D eigenvalue weighted by atomic mass is 32.2. The van der Waals surface area contributed by atoms with Gasteiger partial charge in [0.2, 0.25) is 0 Å². The van der Waals surface area contributed by atoms with Gasteiger partial charge in [-0.3, -0.25) is 4.99 Å². The van der Waals surface area contributed by atoms with Crippen molar-refractivity contribution in [2.45, 2.75) is 23.5 Å². The van der Waals surface area contributed by atoms with Crippen molar-refractivity contribution in [3.8, 4) is 5.75 Å². The maximum Gasteiger partial charge on any atom is 0.348 e. The number of hydrogen-bond acceptors (Lipinski definition) is 5. The highest BCUT2D eigenvalue weighted by Gasteiger charge is 2.26. The first-order chi connectivity index (χ1) is 13.0. The lowest BCUT2D eigenvalue weighted by atomic mass is 10.0. The quantitative estimate of drug-likeness (QED) is 0.667. The zero-order chi connectivity index (χ0) is 19.0. The Hall–Kier alpha value is -2.86. The van der Waals surface area contributed by atoms with Crippen molar-refractivity contribution in [2.24, 2.45) is 4.99 Å². The van der Waals surface area contributed by atoms with Crippen molar-refractivity contribution in [3.63, 3.8) is 0 Å². The molecule has 1 aromatic heterocycles. The summed E-state index contributed by atoms with van der Waals surface area (Å²) in [6, 6.07) is 15.4. The van der Waals surface area contributed by atoms with E-state index in [0.717, 1.165) is 10.5 Å². The topological polar surface area (TPSA) is 62.8 Å². The minimum Gasteiger partial charge on any atom is -0.507 e. The first-order valence-electron chi connectivity index (χ1n) is 8.44. The van der Waals surface area contributed by atoms with Crippen LogP contribution in [0.15, 0.2) is 73.7 Å². The first-order valence-corrected chi connectivity index (χ1v) is 9.32. The van der Waals surface area contributed by atoms with E-state index in [-0.39, 0.29) is 22.4 Å². The second-order valence-corrected chi connectivity index (χ2v) is 7.54. The average Bonchev–Trinajstić information content (AvgIpc) is 2.80. The van der Waals surface area contributed by atoms with Crippen LogP contribution in [0.5, 0.6) is 5.75 Å². The van der Waals surface area contributed by atoms with Crippen LogP contribution in [0.2, 0.25) is 0 Å². The molecule has 1 aliphatic rings. The Bertz CT molecular complexity index is 1110. The van der Waals surface area contributed by atoms with Crippen LogP contribution in [0.1, 0.15) is 28.6 Å². The van der Waals surface area contributed by atoms with Crippen LogP contribution >= 0.6 is 11.8 Å². The van der Waals surface area contributed by atoms with Gasteiger partial charge in [-0.05, 0) is 36.8 Å². The van der Waals surface area contributed by atoms with E-state index in [1.165, 1.54) is 18.2 Å². The van der Waals surface area contributed by atoms with Crippen LogP contribution in [0, 0.1) is 12.7 Å². The summed E-state index contributed by atoms with van der Waals surface area (Å²) in [5.74, 6) is -0.154. The molecule has 0 saturated carbocycles. The Morgan fingerprint density at radius 3 is 2.78 bits per heavy atom. The Morgan fingerprint density at radius 1 is 1.19 bits per heavy atom. The molecule has 0 radical (unpaired) electrons. The third-order valence-electron chi connectivity index (χ3n) is 4.33. The molecule has 3 aromatic rings. The van der Waals surface area contributed by atoms with Gasteiger partial charge in [-0.25, -0.2) is 9.18 Å². The molecule has 27 heavy (non-hydrogen) atoms. The summed E-state index contributed by atoms with van der Waals surface area (Å²) in [5.41, 5.74) is 1.34. The summed E-state index contributed by atoms with van der Waals surface area (Å²) in [6.45, 7) is 1.60. The summed E-state index contributed by atoms with van der Waals surface area (Å²) < 4.78 is 18.9. The molecule has 4 rings (SSSR count). The summed E-state index contributed by atoms with van der Waals surface area (Å²) in [7, 11) is 0. The van der Waals surface area contributed by atoms with Crippen molar-refractivity contribution in [3.05, 3.63) is 87.7 Å². The van der Waals surface area contributed by atoms with E-state index in [1.807, 2.05) is 30.3 Å². The highest BCUT2D eigenvalue weighted by Crippen LogP contribution is 2.45. The fourth-order valence-corrected chi connectivity index (χ4v) is 4.35. The van der Waals surface area contributed by atoms with Crippen molar-refractivity contribution in [1.29, 1.82) is 0 Å². The van der Waals surface area contributed by atoms with Crippen LogP contribution in [-0.2, 0) is 0 Å². The normalized spacial score (nSPS) is 16.4. The van der Waals surface area contributed by atoms with Gasteiger partial charge in [-0.15, -0.1) is 11.8 Å². The minimum absolute atomic E-state index is 0.0549. The van der Waals surface area contributed by atoms with Gasteiger partial charge >= 0.3 is 5.63 Å². The predicted octanol–water partition coefficient (Wildman–Crippen LogP) is 5.15. The monoisotopic (exact) mass is 381 g/mol. The van der Waals surface area contributed by atoms with E-state index in [1.54, 1.807) is 24.8 Å².